The van der Waals surface area contributed by atoms with Crippen molar-refractivity contribution >= 4 is 0 Å². The number of aliphatic hydroxyl groups excluding tert-OH is 1. The Kier molecular flexibility index (Phi) is 3.63. The molecule has 0 radical (unpaired) electrons. The zero-order valence-electron chi connectivity index (χ0n) is 10.6. The molecule has 1 heterocycles. The maximum atomic E-state index is 11.4. The van der Waals surface area contributed by atoms with Crippen molar-refractivity contribution in [2.75, 3.05) is 6.61 Å². The Balaban J connectivity index is 2.56. The lowest BCUT2D eigenvalue weighted by molar-refractivity contribution is 0.246. The van der Waals surface area contributed by atoms with Crippen LogP contribution < -0.4 is 5.43 Å². The lowest BCUT2D eigenvalue weighted by atomic mass is 10.1. The highest BCUT2D eigenvalue weighted by atomic mass is 16.3. The van der Waals surface area contributed by atoms with Gasteiger partial charge in [-0.05, 0) is 19.4 Å². The Morgan fingerprint density at radius 3 is 2.17 bits per heavy atom. The zero-order chi connectivity index (χ0) is 13.1. The fourth-order valence-electron chi connectivity index (χ4n) is 2.37. The number of aryl methyl sites for hydroxylation is 2. The van der Waals surface area contributed by atoms with Gasteiger partial charge in [-0.25, -0.2) is 0 Å². The molecule has 1 N–H and O–H groups in total. The Labute approximate surface area is 106 Å². The van der Waals surface area contributed by atoms with Gasteiger partial charge in [-0.15, -0.1) is 0 Å². The first kappa shape index (κ1) is 12.6. The van der Waals surface area contributed by atoms with Crippen LogP contribution in [-0.4, -0.2) is 16.3 Å². The summed E-state index contributed by atoms with van der Waals surface area (Å²) in [7, 11) is 0. The lowest BCUT2D eigenvalue weighted by Crippen LogP contribution is -2.22. The molecule has 0 saturated carbocycles. The molecular weight excluding hydrogens is 226 g/mol. The topological polar surface area (TPSA) is 42.2 Å². The van der Waals surface area contributed by atoms with Crippen molar-refractivity contribution < 1.29 is 5.11 Å². The molecule has 1 aromatic heterocycles. The smallest absolute Gasteiger partial charge is 0.182 e. The summed E-state index contributed by atoms with van der Waals surface area (Å²) in [5.41, 5.74) is 2.77. The molecule has 0 aliphatic rings. The lowest BCUT2D eigenvalue weighted by Gasteiger charge is -2.24. The number of rotatable bonds is 3. The van der Waals surface area contributed by atoms with E-state index in [9.17, 15) is 9.90 Å². The summed E-state index contributed by atoms with van der Waals surface area (Å²) in [6.07, 6.45) is 0. The molecule has 2 rings (SSSR count). The van der Waals surface area contributed by atoms with Gasteiger partial charge < -0.3 is 9.67 Å². The van der Waals surface area contributed by atoms with E-state index in [4.69, 9.17) is 0 Å². The van der Waals surface area contributed by atoms with Gasteiger partial charge in [0.05, 0.1) is 12.6 Å². The summed E-state index contributed by atoms with van der Waals surface area (Å²) in [4.78, 5) is 11.4. The molecular formula is C15H17NO2. The number of hydrogen-bond acceptors (Lipinski definition) is 2. The minimum atomic E-state index is -0.146. The summed E-state index contributed by atoms with van der Waals surface area (Å²) >= 11 is 0. The van der Waals surface area contributed by atoms with Gasteiger partial charge in [-0.1, -0.05) is 30.3 Å². The number of hydrogen-bond donors (Lipinski definition) is 1. The van der Waals surface area contributed by atoms with Crippen LogP contribution in [0.15, 0.2) is 47.3 Å². The van der Waals surface area contributed by atoms with E-state index >= 15 is 0 Å². The molecule has 0 fully saturated rings. The normalized spacial score (nSPS) is 12.4. The summed E-state index contributed by atoms with van der Waals surface area (Å²) in [5, 5.41) is 9.65. The van der Waals surface area contributed by atoms with E-state index in [1.54, 1.807) is 12.1 Å². The predicted molar refractivity (Wildman–Crippen MR) is 71.8 cm³/mol. The van der Waals surface area contributed by atoms with Crippen LogP contribution in [0, 0.1) is 13.8 Å². The average molecular weight is 243 g/mol. The fraction of sp³-hybridized carbons (Fsp3) is 0.267. The maximum Gasteiger partial charge on any atom is 0.182 e. The van der Waals surface area contributed by atoms with Crippen molar-refractivity contribution in [1.82, 2.24) is 4.57 Å². The quantitative estimate of drug-likeness (QED) is 0.896. The van der Waals surface area contributed by atoms with E-state index in [0.717, 1.165) is 17.0 Å². The summed E-state index contributed by atoms with van der Waals surface area (Å²) in [6, 6.07) is 12.9. The second-order valence-electron chi connectivity index (χ2n) is 4.45. The Morgan fingerprint density at radius 2 is 1.67 bits per heavy atom. The standard InChI is InChI=1S/C15H17NO2/c1-11-8-14(18)9-12(2)16(11)15(10-17)13-6-4-3-5-7-13/h3-9,15,17H,10H2,1-2H3/t15-/m0/s1. The van der Waals surface area contributed by atoms with Gasteiger partial charge >= 0.3 is 0 Å². The molecule has 2 aromatic rings. The first-order valence-corrected chi connectivity index (χ1v) is 5.99. The maximum absolute atomic E-state index is 11.4. The molecule has 0 saturated heterocycles. The van der Waals surface area contributed by atoms with Gasteiger partial charge in [-0.2, -0.15) is 0 Å². The number of aliphatic hydroxyl groups is 1. The molecule has 94 valence electrons. The Bertz CT molecular complexity index is 561. The first-order valence-electron chi connectivity index (χ1n) is 5.99. The van der Waals surface area contributed by atoms with E-state index in [0.29, 0.717) is 0 Å². The number of nitrogens with zero attached hydrogens (tertiary/aromatic N) is 1. The predicted octanol–water partition coefficient (Wildman–Crippen LogP) is 2.05. The molecule has 18 heavy (non-hydrogen) atoms. The average Bonchev–Trinajstić information content (AvgIpc) is 2.34. The van der Waals surface area contributed by atoms with Gasteiger partial charge in [0.25, 0.3) is 0 Å². The third-order valence-electron chi connectivity index (χ3n) is 3.13. The Morgan fingerprint density at radius 1 is 1.11 bits per heavy atom. The Hall–Kier alpha value is -1.87. The van der Waals surface area contributed by atoms with Crippen LogP contribution in [0.1, 0.15) is 23.0 Å². The van der Waals surface area contributed by atoms with Gasteiger partial charge in [-0.3, -0.25) is 4.79 Å². The van der Waals surface area contributed by atoms with E-state index in [2.05, 4.69) is 0 Å². The zero-order valence-corrected chi connectivity index (χ0v) is 10.6. The van der Waals surface area contributed by atoms with Crippen LogP contribution in [0.3, 0.4) is 0 Å². The molecule has 3 heteroatoms. The van der Waals surface area contributed by atoms with E-state index in [1.165, 1.54) is 0 Å². The van der Waals surface area contributed by atoms with Crippen LogP contribution in [0.4, 0.5) is 0 Å². The van der Waals surface area contributed by atoms with Crippen LogP contribution >= 0.6 is 0 Å². The third-order valence-corrected chi connectivity index (χ3v) is 3.13. The molecule has 0 spiro atoms. The molecule has 0 aliphatic carbocycles. The van der Waals surface area contributed by atoms with Crippen molar-refractivity contribution in [1.29, 1.82) is 0 Å². The van der Waals surface area contributed by atoms with Gasteiger partial charge in [0.2, 0.25) is 0 Å². The number of aromatic nitrogens is 1. The SMILES string of the molecule is Cc1cc(=O)cc(C)n1[C@@H](CO)c1ccccc1. The molecule has 0 unspecified atom stereocenters. The first-order chi connectivity index (χ1) is 8.63. The molecule has 3 nitrogen and oxygen atoms in total. The minimum absolute atomic E-state index is 0.00556. The van der Waals surface area contributed by atoms with Crippen molar-refractivity contribution in [3.63, 3.8) is 0 Å². The largest absolute Gasteiger partial charge is 0.394 e. The monoisotopic (exact) mass is 243 g/mol. The van der Waals surface area contributed by atoms with Gasteiger partial charge in [0.1, 0.15) is 0 Å². The van der Waals surface area contributed by atoms with Crippen LogP contribution in [-0.2, 0) is 0 Å². The number of benzene rings is 1. The molecule has 1 aromatic carbocycles. The molecule has 0 aliphatic heterocycles. The molecule has 0 amide bonds. The highest BCUT2D eigenvalue weighted by Crippen LogP contribution is 2.20. The third kappa shape index (κ3) is 2.36. The van der Waals surface area contributed by atoms with Gasteiger partial charge in [0.15, 0.2) is 5.43 Å². The van der Waals surface area contributed by atoms with E-state index in [-0.39, 0.29) is 18.1 Å². The van der Waals surface area contributed by atoms with Crippen LogP contribution in [0.5, 0.6) is 0 Å². The molecule has 1 atom stereocenters. The number of pyridine rings is 1. The highest BCUT2D eigenvalue weighted by Gasteiger charge is 2.15. The summed E-state index contributed by atoms with van der Waals surface area (Å²) < 4.78 is 2.00. The van der Waals surface area contributed by atoms with E-state index < -0.39 is 0 Å². The fourth-order valence-corrected chi connectivity index (χ4v) is 2.37. The summed E-state index contributed by atoms with van der Waals surface area (Å²) in [6.45, 7) is 3.79. The molecule has 0 bridgehead atoms. The summed E-state index contributed by atoms with van der Waals surface area (Å²) in [5.74, 6) is 0. The van der Waals surface area contributed by atoms with Crippen molar-refractivity contribution in [3.05, 3.63) is 69.6 Å². The highest BCUT2D eigenvalue weighted by molar-refractivity contribution is 5.24. The second-order valence-corrected chi connectivity index (χ2v) is 4.45. The van der Waals surface area contributed by atoms with Gasteiger partial charge in [0, 0.05) is 23.5 Å². The van der Waals surface area contributed by atoms with Crippen LogP contribution in [0.25, 0.3) is 0 Å². The minimum Gasteiger partial charge on any atom is -0.394 e. The van der Waals surface area contributed by atoms with Crippen LogP contribution in [0.2, 0.25) is 0 Å². The second kappa shape index (κ2) is 5.19. The van der Waals surface area contributed by atoms with Crippen molar-refractivity contribution in [3.8, 4) is 0 Å². The van der Waals surface area contributed by atoms with E-state index in [1.807, 2.05) is 48.7 Å². The van der Waals surface area contributed by atoms with Crippen molar-refractivity contribution in [2.24, 2.45) is 0 Å². The van der Waals surface area contributed by atoms with Crippen molar-refractivity contribution in [2.45, 2.75) is 19.9 Å².